The molecule has 1 N–H and O–H groups in total. The second-order valence-corrected chi connectivity index (χ2v) is 5.42. The highest BCUT2D eigenvalue weighted by molar-refractivity contribution is 5.80. The highest BCUT2D eigenvalue weighted by atomic mass is 16.3. The normalized spacial score (nSPS) is 17.4. The van der Waals surface area contributed by atoms with Gasteiger partial charge in [-0.15, -0.1) is 0 Å². The summed E-state index contributed by atoms with van der Waals surface area (Å²) in [4.78, 5) is 13.7. The van der Waals surface area contributed by atoms with E-state index < -0.39 is 5.60 Å². The molecule has 0 spiro atoms. The highest BCUT2D eigenvalue weighted by Crippen LogP contribution is 2.24. The molecule has 0 saturated carbocycles. The zero-order valence-corrected chi connectivity index (χ0v) is 11.4. The van der Waals surface area contributed by atoms with E-state index in [1.807, 2.05) is 13.0 Å². The Morgan fingerprint density at radius 3 is 2.56 bits per heavy atom. The molecule has 98 valence electrons. The number of likely N-dealkylation sites (tertiary alicyclic amines) is 1. The number of hydrogen-bond donors (Lipinski definition) is 1. The van der Waals surface area contributed by atoms with Crippen molar-refractivity contribution in [3.8, 4) is 0 Å². The Kier molecular flexibility index (Phi) is 3.44. The van der Waals surface area contributed by atoms with Gasteiger partial charge in [0.15, 0.2) is 0 Å². The van der Waals surface area contributed by atoms with E-state index in [-0.39, 0.29) is 5.91 Å². The summed E-state index contributed by atoms with van der Waals surface area (Å²) in [6, 6.07) is 6.13. The average molecular weight is 247 g/mol. The van der Waals surface area contributed by atoms with E-state index in [1.54, 1.807) is 4.90 Å². The smallest absolute Gasteiger partial charge is 0.227 e. The van der Waals surface area contributed by atoms with Crippen LogP contribution in [0.2, 0.25) is 0 Å². The number of rotatable bonds is 3. The average Bonchev–Trinajstić information content (AvgIpc) is 2.29. The molecule has 0 bridgehead atoms. The minimum atomic E-state index is -0.640. The number of carbonyl (C=O) groups excluding carboxylic acids is 1. The Bertz CT molecular complexity index is 462. The van der Waals surface area contributed by atoms with Gasteiger partial charge in [-0.1, -0.05) is 25.1 Å². The van der Waals surface area contributed by atoms with Gasteiger partial charge in [-0.3, -0.25) is 4.79 Å². The SMILES string of the molecule is CCC1(O)CN(C(=O)Cc2ccc(C)c(C)c2)C1. The molecular weight excluding hydrogens is 226 g/mol. The van der Waals surface area contributed by atoms with Gasteiger partial charge in [0, 0.05) is 0 Å². The van der Waals surface area contributed by atoms with Crippen molar-refractivity contribution in [1.29, 1.82) is 0 Å². The van der Waals surface area contributed by atoms with Crippen molar-refractivity contribution < 1.29 is 9.90 Å². The van der Waals surface area contributed by atoms with Crippen LogP contribution in [0.3, 0.4) is 0 Å². The van der Waals surface area contributed by atoms with Crippen molar-refractivity contribution in [2.75, 3.05) is 13.1 Å². The van der Waals surface area contributed by atoms with Gasteiger partial charge in [0.2, 0.25) is 5.91 Å². The summed E-state index contributed by atoms with van der Waals surface area (Å²) < 4.78 is 0. The molecule has 0 radical (unpaired) electrons. The molecule has 0 aromatic heterocycles. The number of β-amino-alcohol motifs (C(OH)–C–C–N with tert-alkyl or cyclic N) is 1. The lowest BCUT2D eigenvalue weighted by molar-refractivity contribution is -0.155. The van der Waals surface area contributed by atoms with Crippen LogP contribution in [0.25, 0.3) is 0 Å². The highest BCUT2D eigenvalue weighted by Gasteiger charge is 2.41. The number of hydrogen-bond acceptors (Lipinski definition) is 2. The van der Waals surface area contributed by atoms with Crippen molar-refractivity contribution in [2.24, 2.45) is 0 Å². The van der Waals surface area contributed by atoms with Gasteiger partial charge < -0.3 is 10.0 Å². The second-order valence-electron chi connectivity index (χ2n) is 5.42. The molecule has 1 aliphatic rings. The van der Waals surface area contributed by atoms with Crippen molar-refractivity contribution in [2.45, 2.75) is 39.2 Å². The number of nitrogens with zero attached hydrogens (tertiary/aromatic N) is 1. The number of aliphatic hydroxyl groups is 1. The zero-order chi connectivity index (χ0) is 13.3. The quantitative estimate of drug-likeness (QED) is 0.885. The van der Waals surface area contributed by atoms with Crippen LogP contribution in [-0.2, 0) is 11.2 Å². The minimum absolute atomic E-state index is 0.108. The van der Waals surface area contributed by atoms with E-state index in [0.717, 1.165) is 5.56 Å². The van der Waals surface area contributed by atoms with E-state index in [4.69, 9.17) is 0 Å². The van der Waals surface area contributed by atoms with Gasteiger partial charge in [-0.2, -0.15) is 0 Å². The van der Waals surface area contributed by atoms with Crippen molar-refractivity contribution in [1.82, 2.24) is 4.90 Å². The van der Waals surface area contributed by atoms with E-state index >= 15 is 0 Å². The zero-order valence-electron chi connectivity index (χ0n) is 11.4. The van der Waals surface area contributed by atoms with E-state index in [9.17, 15) is 9.90 Å². The van der Waals surface area contributed by atoms with Gasteiger partial charge in [0.1, 0.15) is 0 Å². The molecule has 1 aliphatic heterocycles. The molecule has 1 fully saturated rings. The number of aryl methyl sites for hydroxylation is 2. The molecule has 3 nitrogen and oxygen atoms in total. The van der Waals surface area contributed by atoms with Crippen molar-refractivity contribution in [3.63, 3.8) is 0 Å². The molecule has 1 amide bonds. The maximum Gasteiger partial charge on any atom is 0.227 e. The summed E-state index contributed by atoms with van der Waals surface area (Å²) in [7, 11) is 0. The summed E-state index contributed by atoms with van der Waals surface area (Å²) in [5.74, 6) is 0.108. The lowest BCUT2D eigenvalue weighted by Crippen LogP contribution is -2.63. The van der Waals surface area contributed by atoms with Crippen LogP contribution in [-0.4, -0.2) is 34.6 Å². The first-order valence-electron chi connectivity index (χ1n) is 6.50. The van der Waals surface area contributed by atoms with Gasteiger partial charge >= 0.3 is 0 Å². The summed E-state index contributed by atoms with van der Waals surface area (Å²) in [6.07, 6.45) is 1.14. The Labute approximate surface area is 108 Å². The van der Waals surface area contributed by atoms with Gasteiger partial charge in [-0.05, 0) is 37.0 Å². The first-order valence-corrected chi connectivity index (χ1v) is 6.50. The van der Waals surface area contributed by atoms with E-state index in [0.29, 0.717) is 25.9 Å². The Balaban J connectivity index is 1.94. The van der Waals surface area contributed by atoms with Crippen LogP contribution in [0, 0.1) is 13.8 Å². The maximum absolute atomic E-state index is 12.0. The molecule has 1 aromatic carbocycles. The molecule has 2 rings (SSSR count). The minimum Gasteiger partial charge on any atom is -0.386 e. The number of amides is 1. The van der Waals surface area contributed by atoms with Crippen LogP contribution >= 0.6 is 0 Å². The van der Waals surface area contributed by atoms with E-state index in [2.05, 4.69) is 26.0 Å². The summed E-state index contributed by atoms with van der Waals surface area (Å²) >= 11 is 0. The first-order chi connectivity index (χ1) is 8.43. The molecule has 0 unspecified atom stereocenters. The molecule has 1 saturated heterocycles. The Morgan fingerprint density at radius 2 is 2.00 bits per heavy atom. The van der Waals surface area contributed by atoms with Crippen LogP contribution in [0.1, 0.15) is 30.0 Å². The summed E-state index contributed by atoms with van der Waals surface area (Å²) in [5.41, 5.74) is 2.87. The van der Waals surface area contributed by atoms with Crippen LogP contribution < -0.4 is 0 Å². The Morgan fingerprint density at radius 1 is 1.33 bits per heavy atom. The molecule has 3 heteroatoms. The topological polar surface area (TPSA) is 40.5 Å². The summed E-state index contributed by atoms with van der Waals surface area (Å²) in [5, 5.41) is 9.89. The second kappa shape index (κ2) is 4.73. The molecule has 0 atom stereocenters. The first kappa shape index (κ1) is 13.1. The fourth-order valence-electron chi connectivity index (χ4n) is 2.26. The monoisotopic (exact) mass is 247 g/mol. The molecule has 0 aliphatic carbocycles. The van der Waals surface area contributed by atoms with Crippen LogP contribution in [0.5, 0.6) is 0 Å². The molecule has 1 aromatic rings. The predicted octanol–water partition coefficient (Wildman–Crippen LogP) is 1.83. The third-order valence-electron chi connectivity index (χ3n) is 3.91. The molecule has 1 heterocycles. The fraction of sp³-hybridized carbons (Fsp3) is 0.533. The van der Waals surface area contributed by atoms with Crippen molar-refractivity contribution in [3.05, 3.63) is 34.9 Å². The third-order valence-corrected chi connectivity index (χ3v) is 3.91. The lowest BCUT2D eigenvalue weighted by Gasteiger charge is -2.46. The maximum atomic E-state index is 12.0. The van der Waals surface area contributed by atoms with Gasteiger partial charge in [0.05, 0.1) is 25.1 Å². The van der Waals surface area contributed by atoms with Gasteiger partial charge in [0.25, 0.3) is 0 Å². The largest absolute Gasteiger partial charge is 0.386 e. The van der Waals surface area contributed by atoms with Crippen LogP contribution in [0.4, 0.5) is 0 Å². The third kappa shape index (κ3) is 2.56. The lowest BCUT2D eigenvalue weighted by atomic mass is 9.90. The fourth-order valence-corrected chi connectivity index (χ4v) is 2.26. The van der Waals surface area contributed by atoms with Crippen molar-refractivity contribution >= 4 is 5.91 Å². The molecule has 18 heavy (non-hydrogen) atoms. The van der Waals surface area contributed by atoms with Crippen LogP contribution in [0.15, 0.2) is 18.2 Å². The Hall–Kier alpha value is -1.35. The number of benzene rings is 1. The number of carbonyl (C=O) groups is 1. The van der Waals surface area contributed by atoms with E-state index in [1.165, 1.54) is 11.1 Å². The standard InChI is InChI=1S/C15H21NO2/c1-4-15(18)9-16(10-15)14(17)8-13-6-5-11(2)12(3)7-13/h5-7,18H,4,8-10H2,1-3H3. The van der Waals surface area contributed by atoms with Gasteiger partial charge in [-0.25, -0.2) is 0 Å². The molecular formula is C15H21NO2. The predicted molar refractivity (Wildman–Crippen MR) is 71.4 cm³/mol. The summed E-state index contributed by atoms with van der Waals surface area (Å²) in [6.45, 7) is 7.03.